The van der Waals surface area contributed by atoms with Crippen LogP contribution in [0.4, 0.5) is 46.4 Å². The van der Waals surface area contributed by atoms with Crippen LogP contribution in [-0.2, 0) is 19.5 Å². The van der Waals surface area contributed by atoms with E-state index in [1.54, 1.807) is 18.7 Å². The molecular weight excluding hydrogens is 871 g/mol. The molecule has 0 saturated carbocycles. The van der Waals surface area contributed by atoms with Crippen LogP contribution in [0.25, 0.3) is 23.8 Å². The summed E-state index contributed by atoms with van der Waals surface area (Å²) in [5.74, 6) is 3.28. The molecule has 0 aliphatic heterocycles. The molecule has 0 atom stereocenters. The quantitative estimate of drug-likeness (QED) is 0.101. The molecule has 0 amide bonds. The van der Waals surface area contributed by atoms with Gasteiger partial charge in [-0.3, -0.25) is 0 Å². The predicted molar refractivity (Wildman–Crippen MR) is 214 cm³/mol. The van der Waals surface area contributed by atoms with Crippen molar-refractivity contribution in [3.05, 3.63) is 69.8 Å². The van der Waals surface area contributed by atoms with Gasteiger partial charge in [0.2, 0.25) is 11.9 Å². The summed E-state index contributed by atoms with van der Waals surface area (Å²) in [5, 5.41) is 18.0. The number of anilines is 2. The van der Waals surface area contributed by atoms with Gasteiger partial charge in [-0.2, -0.15) is 50.3 Å². The molecule has 0 radical (unpaired) electrons. The van der Waals surface area contributed by atoms with Gasteiger partial charge < -0.3 is 44.3 Å². The maximum absolute atomic E-state index is 9.75. The predicted octanol–water partition coefficient (Wildman–Crippen LogP) is 7.24. The molecular formula is C34H48B2F8N16Zn. The van der Waals surface area contributed by atoms with E-state index in [-0.39, 0.29) is 19.5 Å². The first-order valence-electron chi connectivity index (χ1n) is 18.8. The Bertz CT molecular complexity index is 2010. The fourth-order valence-electron chi connectivity index (χ4n) is 5.69. The Balaban J connectivity index is 0.000000340. The molecule has 0 spiro atoms. The fraction of sp³-hybridized carbons (Fsp3) is 0.471. The van der Waals surface area contributed by atoms with Gasteiger partial charge in [0.05, 0.1) is 22.8 Å². The van der Waals surface area contributed by atoms with Gasteiger partial charge >= 0.3 is 34.0 Å². The van der Waals surface area contributed by atoms with Gasteiger partial charge in [-0.15, -0.1) is 0 Å². The average molecular weight is 920 g/mol. The number of halogens is 8. The number of aromatic nitrogens is 14. The van der Waals surface area contributed by atoms with Crippen LogP contribution in [0.2, 0.25) is 0 Å². The minimum atomic E-state index is -6.00. The number of hydrogen-bond acceptors (Lipinski definition) is 12. The number of rotatable bonds is 10. The Morgan fingerprint density at radius 2 is 0.574 bits per heavy atom. The zero-order valence-electron chi connectivity index (χ0n) is 36.2. The van der Waals surface area contributed by atoms with Gasteiger partial charge in [0.1, 0.15) is 0 Å². The van der Waals surface area contributed by atoms with Crippen LogP contribution < -0.4 is 9.80 Å². The van der Waals surface area contributed by atoms with Gasteiger partial charge in [-0.05, 0) is 107 Å². The molecule has 0 N–H and O–H groups in total. The Labute approximate surface area is 361 Å². The van der Waals surface area contributed by atoms with E-state index in [1.807, 2.05) is 79.7 Å². The van der Waals surface area contributed by atoms with Crippen LogP contribution in [0.15, 0.2) is 24.3 Å². The average Bonchev–Trinajstić information content (AvgIpc) is 3.87. The second kappa shape index (κ2) is 22.0. The second-order valence-electron chi connectivity index (χ2n) is 13.2. The third-order valence-electron chi connectivity index (χ3n) is 8.09. The molecule has 0 saturated heterocycles. The van der Waals surface area contributed by atoms with Crippen molar-refractivity contribution in [3.63, 3.8) is 0 Å². The smallest absolute Gasteiger partial charge is 0.418 e. The molecule has 6 aromatic rings. The van der Waals surface area contributed by atoms with Gasteiger partial charge in [0.25, 0.3) is 23.8 Å². The molecule has 0 unspecified atom stereocenters. The summed E-state index contributed by atoms with van der Waals surface area (Å²) >= 11 is 0. The molecule has 0 aromatic carbocycles. The number of hydrogen-bond donors (Lipinski definition) is 0. The molecule has 0 aliphatic rings. The van der Waals surface area contributed by atoms with Gasteiger partial charge in [-0.1, -0.05) is 0 Å². The summed E-state index contributed by atoms with van der Waals surface area (Å²) in [6, 6.07) is 8.02. The fourth-order valence-corrected chi connectivity index (χ4v) is 5.69. The molecule has 6 heterocycles. The second-order valence-corrected chi connectivity index (χ2v) is 13.2. The van der Waals surface area contributed by atoms with Crippen LogP contribution in [0.5, 0.6) is 0 Å². The maximum Gasteiger partial charge on any atom is 2.00 e. The zero-order valence-corrected chi connectivity index (χ0v) is 39.1. The minimum Gasteiger partial charge on any atom is -0.418 e. The zero-order chi connectivity index (χ0) is 45.3. The molecule has 0 fully saturated rings. The van der Waals surface area contributed by atoms with E-state index >= 15 is 0 Å². The molecule has 6 aromatic heterocycles. The Kier molecular flexibility index (Phi) is 18.6. The van der Waals surface area contributed by atoms with Gasteiger partial charge in [-0.25, -0.2) is 18.7 Å². The summed E-state index contributed by atoms with van der Waals surface area (Å²) in [5.41, 5.74) is 7.62. The van der Waals surface area contributed by atoms with Crippen molar-refractivity contribution in [2.75, 3.05) is 36.0 Å². The summed E-state index contributed by atoms with van der Waals surface area (Å²) in [6.45, 7) is 27.4. The van der Waals surface area contributed by atoms with Crippen LogP contribution in [-0.4, -0.2) is 110 Å². The summed E-state index contributed by atoms with van der Waals surface area (Å²) in [6.07, 6.45) is 0. The third-order valence-corrected chi connectivity index (χ3v) is 8.09. The van der Waals surface area contributed by atoms with E-state index in [4.69, 9.17) is 0 Å². The van der Waals surface area contributed by atoms with Crippen LogP contribution in [0.3, 0.4) is 0 Å². The number of nitrogens with zero attached hydrogens (tertiary/aromatic N) is 16. The van der Waals surface area contributed by atoms with Crippen molar-refractivity contribution >= 4 is 26.4 Å². The van der Waals surface area contributed by atoms with Gasteiger partial charge in [0, 0.05) is 49.0 Å². The van der Waals surface area contributed by atoms with Crippen molar-refractivity contribution in [2.45, 2.75) is 83.1 Å². The van der Waals surface area contributed by atoms with Crippen molar-refractivity contribution < 1.29 is 54.0 Å². The topological polar surface area (TPSA) is 155 Å². The first-order chi connectivity index (χ1) is 27.8. The van der Waals surface area contributed by atoms with Crippen LogP contribution in [0.1, 0.15) is 73.2 Å². The molecule has 27 heteroatoms. The molecule has 328 valence electrons. The minimum absolute atomic E-state index is 0. The van der Waals surface area contributed by atoms with Crippen LogP contribution in [0, 0.1) is 55.4 Å². The Hall–Kier alpha value is -5.35. The summed E-state index contributed by atoms with van der Waals surface area (Å²) in [7, 11) is -12.0. The van der Waals surface area contributed by atoms with E-state index in [9.17, 15) is 34.5 Å². The van der Waals surface area contributed by atoms with Crippen molar-refractivity contribution in [1.82, 2.24) is 69.0 Å². The molecule has 6 rings (SSSR count). The van der Waals surface area contributed by atoms with Gasteiger partial charge in [0.15, 0.2) is 0 Å². The first-order valence-corrected chi connectivity index (χ1v) is 18.8. The normalized spacial score (nSPS) is 11.1. The summed E-state index contributed by atoms with van der Waals surface area (Å²) < 4.78 is 85.0. The van der Waals surface area contributed by atoms with Crippen molar-refractivity contribution in [3.8, 4) is 23.8 Å². The third kappa shape index (κ3) is 15.6. The molecule has 61 heavy (non-hydrogen) atoms. The SMILES string of the molecule is CCN(CC)c1nc(-n2nc(C)cc2C)nc(-n2nc(C)cc2C)n1.CCN(CC)c1nc(-n2nc(C)cc2C)nc(-n2nc(C)cc2C)n1.F[B-](F)(F)F.F[B-](F)(F)F.[Zn+2]. The van der Waals surface area contributed by atoms with Crippen molar-refractivity contribution in [2.24, 2.45) is 0 Å². The summed E-state index contributed by atoms with van der Waals surface area (Å²) in [4.78, 5) is 32.0. The Morgan fingerprint density at radius 1 is 0.393 bits per heavy atom. The first kappa shape index (κ1) is 51.8. The molecule has 0 aliphatic carbocycles. The van der Waals surface area contributed by atoms with E-state index in [1.165, 1.54) is 0 Å². The van der Waals surface area contributed by atoms with E-state index < -0.39 is 14.5 Å². The monoisotopic (exact) mass is 918 g/mol. The van der Waals surface area contributed by atoms with Crippen molar-refractivity contribution in [1.29, 1.82) is 0 Å². The largest absolute Gasteiger partial charge is 2.00 e. The van der Waals surface area contributed by atoms with E-state index in [0.29, 0.717) is 35.7 Å². The van der Waals surface area contributed by atoms with E-state index in [2.05, 4.69) is 87.8 Å². The maximum atomic E-state index is 9.75. The Morgan fingerprint density at radius 3 is 0.705 bits per heavy atom. The molecule has 16 nitrogen and oxygen atoms in total. The standard InChI is InChI=1S/2C17H24N8.2BF4.Zn/c2*1-7-23(8-2)15-18-16(24-13(5)9-11(3)21-24)20-17(19-15)25-14(6)10-12(4)22-25;2*2-1(3,4)5;/h2*9-10H,7-8H2,1-6H3;;;/q;;2*-1;+2. The van der Waals surface area contributed by atoms with E-state index in [0.717, 1.165) is 71.7 Å². The van der Waals surface area contributed by atoms with Crippen LogP contribution >= 0.6 is 0 Å². The molecule has 0 bridgehead atoms. The number of aryl methyl sites for hydroxylation is 8.